The predicted molar refractivity (Wildman–Crippen MR) is 199 cm³/mol. The van der Waals surface area contributed by atoms with Crippen LogP contribution in [0.3, 0.4) is 0 Å². The van der Waals surface area contributed by atoms with Crippen molar-refractivity contribution in [3.8, 4) is 0 Å². The van der Waals surface area contributed by atoms with Gasteiger partial charge in [0.1, 0.15) is 12.6 Å². The Hall–Kier alpha value is -4.28. The van der Waals surface area contributed by atoms with Gasteiger partial charge in [0.25, 0.3) is 0 Å². The van der Waals surface area contributed by atoms with Gasteiger partial charge in [0.15, 0.2) is 0 Å². The Kier molecular flexibility index (Phi) is 31.3. The van der Waals surface area contributed by atoms with Crippen molar-refractivity contribution in [2.24, 2.45) is 17.6 Å². The Labute approximate surface area is 309 Å². The first kappa shape index (κ1) is 49.8. The Morgan fingerprint density at radius 2 is 1.37 bits per heavy atom. The van der Waals surface area contributed by atoms with Crippen molar-refractivity contribution in [2.75, 3.05) is 58.0 Å². The molecule has 16 heteroatoms. The second kappa shape index (κ2) is 32.6. The van der Waals surface area contributed by atoms with Crippen molar-refractivity contribution in [3.05, 3.63) is 29.8 Å². The molecule has 16 nitrogen and oxygen atoms in total. The van der Waals surface area contributed by atoms with Crippen molar-refractivity contribution in [1.82, 2.24) is 21.3 Å². The van der Waals surface area contributed by atoms with Crippen LogP contribution in [0.2, 0.25) is 0 Å². The molecule has 0 aliphatic carbocycles. The van der Waals surface area contributed by atoms with E-state index < -0.39 is 12.1 Å². The highest BCUT2D eigenvalue weighted by Crippen LogP contribution is 2.12. The van der Waals surface area contributed by atoms with Gasteiger partial charge in [-0.05, 0) is 43.4 Å². The molecule has 52 heavy (non-hydrogen) atoms. The molecule has 2 unspecified atom stereocenters. The highest BCUT2D eigenvalue weighted by Gasteiger charge is 2.17. The summed E-state index contributed by atoms with van der Waals surface area (Å²) >= 11 is 0. The minimum Gasteiger partial charge on any atom is -0.461 e. The van der Waals surface area contributed by atoms with Crippen LogP contribution in [0.25, 0.3) is 0 Å². The number of hydrogen-bond donors (Lipinski definition) is 6. The molecule has 1 aromatic rings. The molecule has 0 spiro atoms. The summed E-state index contributed by atoms with van der Waals surface area (Å²) in [6.07, 6.45) is 1.63. The number of nitrogens with one attached hydrogen (secondary N) is 5. The molecule has 0 saturated carbocycles. The van der Waals surface area contributed by atoms with Gasteiger partial charge in [0, 0.05) is 44.1 Å². The van der Waals surface area contributed by atoms with E-state index in [-0.39, 0.29) is 42.3 Å². The third kappa shape index (κ3) is 29.5. The van der Waals surface area contributed by atoms with Gasteiger partial charge in [-0.25, -0.2) is 4.79 Å². The van der Waals surface area contributed by atoms with E-state index in [9.17, 15) is 28.8 Å². The first-order chi connectivity index (χ1) is 24.8. The molecule has 0 aromatic heterocycles. The van der Waals surface area contributed by atoms with E-state index in [0.717, 1.165) is 5.56 Å². The smallest absolute Gasteiger partial charge is 0.312 e. The fourth-order valence-corrected chi connectivity index (χ4v) is 3.64. The second-order valence-corrected chi connectivity index (χ2v) is 11.9. The molecule has 0 bridgehead atoms. The van der Waals surface area contributed by atoms with E-state index in [1.165, 1.54) is 6.92 Å². The summed E-state index contributed by atoms with van der Waals surface area (Å²) in [5.41, 5.74) is 6.28. The number of ether oxygens (including phenoxy) is 4. The lowest BCUT2D eigenvalue weighted by Gasteiger charge is -2.17. The fourth-order valence-electron chi connectivity index (χ4n) is 3.64. The molecule has 7 N–H and O–H groups in total. The minimum atomic E-state index is -0.729. The lowest BCUT2D eigenvalue weighted by atomic mass is 10.1. The SMILES string of the molecule is CC.CC(=O)OCc1ccc(NC(=O)C(CCCNC(N)=O)NC=O)cc1.CC(C)C(=O)NCCOCCOCCOCCC(=O)NC(C)C(C)C. The van der Waals surface area contributed by atoms with Crippen molar-refractivity contribution < 1.29 is 47.7 Å². The van der Waals surface area contributed by atoms with Crippen LogP contribution in [0.5, 0.6) is 0 Å². The molecule has 0 fully saturated rings. The van der Waals surface area contributed by atoms with Gasteiger partial charge in [-0.2, -0.15) is 0 Å². The number of amides is 6. The average molecular weight is 741 g/mol. The van der Waals surface area contributed by atoms with Gasteiger partial charge in [-0.3, -0.25) is 24.0 Å². The number of benzene rings is 1. The largest absolute Gasteiger partial charge is 0.461 e. The van der Waals surface area contributed by atoms with Crippen molar-refractivity contribution in [2.45, 2.75) is 93.3 Å². The lowest BCUT2D eigenvalue weighted by molar-refractivity contribution is -0.142. The van der Waals surface area contributed by atoms with E-state index in [4.69, 9.17) is 24.7 Å². The maximum Gasteiger partial charge on any atom is 0.312 e. The first-order valence-electron chi connectivity index (χ1n) is 17.8. The summed E-state index contributed by atoms with van der Waals surface area (Å²) in [6, 6.07) is 5.59. The Morgan fingerprint density at radius 1 is 0.788 bits per heavy atom. The van der Waals surface area contributed by atoms with Gasteiger partial charge in [0.05, 0.1) is 39.6 Å². The molecule has 6 amide bonds. The molecule has 298 valence electrons. The highest BCUT2D eigenvalue weighted by atomic mass is 16.5. The van der Waals surface area contributed by atoms with E-state index in [0.29, 0.717) is 90.0 Å². The zero-order valence-corrected chi connectivity index (χ0v) is 32.3. The Bertz CT molecular complexity index is 1140. The number of primary amides is 1. The van der Waals surface area contributed by atoms with Gasteiger partial charge in [-0.15, -0.1) is 0 Å². The maximum atomic E-state index is 12.2. The summed E-state index contributed by atoms with van der Waals surface area (Å²) in [6.45, 7) is 18.9. The Balaban J connectivity index is 0. The number of nitrogens with two attached hydrogens (primary N) is 1. The molecule has 0 aliphatic rings. The van der Waals surface area contributed by atoms with E-state index in [1.54, 1.807) is 24.3 Å². The monoisotopic (exact) mass is 740 g/mol. The average Bonchev–Trinajstić information content (AvgIpc) is 3.10. The van der Waals surface area contributed by atoms with E-state index in [2.05, 4.69) is 40.4 Å². The Morgan fingerprint density at radius 3 is 1.88 bits per heavy atom. The van der Waals surface area contributed by atoms with Crippen LogP contribution >= 0.6 is 0 Å². The van der Waals surface area contributed by atoms with Gasteiger partial charge < -0.3 is 51.3 Å². The summed E-state index contributed by atoms with van der Waals surface area (Å²) in [4.78, 5) is 67.2. The number of anilines is 1. The van der Waals surface area contributed by atoms with Crippen molar-refractivity contribution in [3.63, 3.8) is 0 Å². The van der Waals surface area contributed by atoms with Crippen LogP contribution in [-0.4, -0.2) is 101 Å². The third-order valence-electron chi connectivity index (χ3n) is 6.89. The lowest BCUT2D eigenvalue weighted by Crippen LogP contribution is -2.40. The zero-order chi connectivity index (χ0) is 39.7. The molecule has 0 aliphatic heterocycles. The summed E-state index contributed by atoms with van der Waals surface area (Å²) < 4.78 is 21.0. The molecular formula is C36H64N6O10. The van der Waals surface area contributed by atoms with Crippen LogP contribution in [0.15, 0.2) is 24.3 Å². The maximum absolute atomic E-state index is 12.2. The third-order valence-corrected chi connectivity index (χ3v) is 6.89. The van der Waals surface area contributed by atoms with Crippen LogP contribution in [0.1, 0.15) is 80.2 Å². The summed E-state index contributed by atoms with van der Waals surface area (Å²) in [7, 11) is 0. The quantitative estimate of drug-likeness (QED) is 0.0488. The van der Waals surface area contributed by atoms with Gasteiger partial charge >= 0.3 is 12.0 Å². The normalized spacial score (nSPS) is 11.4. The van der Waals surface area contributed by atoms with Crippen LogP contribution < -0.4 is 32.3 Å². The van der Waals surface area contributed by atoms with E-state index in [1.807, 2.05) is 34.6 Å². The second-order valence-electron chi connectivity index (χ2n) is 11.9. The summed E-state index contributed by atoms with van der Waals surface area (Å²) in [5, 5.41) is 13.3. The summed E-state index contributed by atoms with van der Waals surface area (Å²) in [5.74, 6) is -0.283. The molecule has 0 saturated heterocycles. The number of carbonyl (C=O) groups excluding carboxylic acids is 6. The van der Waals surface area contributed by atoms with Crippen LogP contribution in [0, 0.1) is 11.8 Å². The molecule has 0 heterocycles. The van der Waals surface area contributed by atoms with Crippen molar-refractivity contribution in [1.29, 1.82) is 0 Å². The zero-order valence-electron chi connectivity index (χ0n) is 32.3. The number of hydrogen-bond acceptors (Lipinski definition) is 10. The van der Waals surface area contributed by atoms with Crippen LogP contribution in [0.4, 0.5) is 10.5 Å². The minimum absolute atomic E-state index is 0.00647. The molecular weight excluding hydrogens is 676 g/mol. The van der Waals surface area contributed by atoms with Crippen LogP contribution in [-0.2, 0) is 49.5 Å². The van der Waals surface area contributed by atoms with Crippen molar-refractivity contribution >= 4 is 41.8 Å². The first-order valence-corrected chi connectivity index (χ1v) is 17.8. The highest BCUT2D eigenvalue weighted by molar-refractivity contribution is 5.95. The molecule has 0 radical (unpaired) electrons. The molecule has 2 atom stereocenters. The molecule has 1 aromatic carbocycles. The fraction of sp³-hybridized carbons (Fsp3) is 0.667. The number of carbonyl (C=O) groups is 6. The molecule has 1 rings (SSSR count). The van der Waals surface area contributed by atoms with Gasteiger partial charge in [-0.1, -0.05) is 53.7 Å². The standard InChI is InChI=1S/C18H36N2O5.C16H22N4O5.C2H6/c1-14(2)16(5)20-17(21)6-8-23-10-12-25-13-11-24-9-7-19-18(22)15(3)4;1-11(22)25-9-12-4-6-13(7-5-12)20-15(23)14(19-10-21)3-2-8-18-16(17)24;1-2/h14-16H,6-13H2,1-5H3,(H,19,22)(H,20,21);4-7,10,14H,2-3,8-9H2,1H3,(H,19,21)(H,20,23)(H3,17,18,24);1-2H3. The number of esters is 1. The number of rotatable bonds is 25. The predicted octanol–water partition coefficient (Wildman–Crippen LogP) is 2.64. The topological polar surface area (TPSA) is 226 Å². The number of urea groups is 1. The van der Waals surface area contributed by atoms with Gasteiger partial charge in [0.2, 0.25) is 24.1 Å². The van der Waals surface area contributed by atoms with E-state index >= 15 is 0 Å².